The molecule has 1 fully saturated rings. The van der Waals surface area contributed by atoms with Gasteiger partial charge in [-0.05, 0) is 50.9 Å². The summed E-state index contributed by atoms with van der Waals surface area (Å²) in [5, 5.41) is 11.9. The lowest BCUT2D eigenvalue weighted by Crippen LogP contribution is -2.41. The van der Waals surface area contributed by atoms with Gasteiger partial charge in [0.05, 0.1) is 5.60 Å². The molecule has 3 rings (SSSR count). The minimum Gasteiger partial charge on any atom is -0.388 e. The maximum Gasteiger partial charge on any atom is 0.242 e. The van der Waals surface area contributed by atoms with E-state index >= 15 is 0 Å². The molecule has 0 saturated carbocycles. The summed E-state index contributed by atoms with van der Waals surface area (Å²) in [4.78, 5) is 16.6. The van der Waals surface area contributed by atoms with E-state index in [-0.39, 0.29) is 5.91 Å². The number of benzene rings is 1. The molecule has 1 atom stereocenters. The lowest BCUT2D eigenvalue weighted by Gasteiger charge is -2.30. The Morgan fingerprint density at radius 3 is 2.79 bits per heavy atom. The Morgan fingerprint density at radius 2 is 2.00 bits per heavy atom. The van der Waals surface area contributed by atoms with Gasteiger partial charge in [-0.3, -0.25) is 4.79 Å². The van der Waals surface area contributed by atoms with Crippen molar-refractivity contribution in [2.45, 2.75) is 31.4 Å². The van der Waals surface area contributed by atoms with Crippen LogP contribution < -0.4 is 0 Å². The Balaban J connectivity index is 1.65. The average Bonchev–Trinajstić information content (AvgIpc) is 2.82. The van der Waals surface area contributed by atoms with E-state index in [1.165, 1.54) is 0 Å². The van der Waals surface area contributed by atoms with Crippen LogP contribution in [0.15, 0.2) is 36.5 Å². The maximum absolute atomic E-state index is 12.7. The Bertz CT molecular complexity index is 709. The number of rotatable bonds is 4. The number of carbonyl (C=O) groups is 1. The van der Waals surface area contributed by atoms with Crippen LogP contribution in [0.2, 0.25) is 0 Å². The van der Waals surface area contributed by atoms with Gasteiger partial charge in [0, 0.05) is 31.3 Å². The molecule has 24 heavy (non-hydrogen) atoms. The first-order valence-corrected chi connectivity index (χ1v) is 8.66. The van der Waals surface area contributed by atoms with Gasteiger partial charge in [0.1, 0.15) is 6.54 Å². The molecule has 5 nitrogen and oxygen atoms in total. The topological polar surface area (TPSA) is 48.7 Å². The van der Waals surface area contributed by atoms with Crippen molar-refractivity contribution in [3.63, 3.8) is 0 Å². The van der Waals surface area contributed by atoms with Gasteiger partial charge in [0.15, 0.2) is 0 Å². The van der Waals surface area contributed by atoms with Crippen LogP contribution in [0.4, 0.5) is 0 Å². The maximum atomic E-state index is 12.7. The molecule has 1 aliphatic rings. The summed E-state index contributed by atoms with van der Waals surface area (Å²) in [7, 11) is 3.95. The number of likely N-dealkylation sites (N-methyl/N-ethyl adjacent to an activating group) is 1. The zero-order valence-electron chi connectivity index (χ0n) is 14.6. The number of carbonyl (C=O) groups excluding carboxylic acids is 1. The molecule has 0 spiro atoms. The summed E-state index contributed by atoms with van der Waals surface area (Å²) in [5.74, 6) is 0.130. The van der Waals surface area contributed by atoms with Crippen LogP contribution in [0.3, 0.4) is 0 Å². The molecular weight excluding hydrogens is 302 g/mol. The number of nitrogens with zero attached hydrogens (tertiary/aromatic N) is 3. The molecule has 0 radical (unpaired) electrons. The van der Waals surface area contributed by atoms with Crippen molar-refractivity contribution in [1.82, 2.24) is 14.4 Å². The smallest absolute Gasteiger partial charge is 0.242 e. The third-order valence-electron chi connectivity index (χ3n) is 4.87. The number of amides is 1. The minimum absolute atomic E-state index is 0.130. The first kappa shape index (κ1) is 17.0. The molecule has 0 bridgehead atoms. The third-order valence-corrected chi connectivity index (χ3v) is 4.87. The summed E-state index contributed by atoms with van der Waals surface area (Å²) in [5.41, 5.74) is 0.406. The second-order valence-corrected chi connectivity index (χ2v) is 7.20. The van der Waals surface area contributed by atoms with E-state index in [4.69, 9.17) is 0 Å². The van der Waals surface area contributed by atoms with Crippen LogP contribution in [0.5, 0.6) is 0 Å². The van der Waals surface area contributed by atoms with Crippen LogP contribution >= 0.6 is 0 Å². The monoisotopic (exact) mass is 329 g/mol. The van der Waals surface area contributed by atoms with Crippen molar-refractivity contribution in [3.05, 3.63) is 36.5 Å². The van der Waals surface area contributed by atoms with Crippen LogP contribution in [0.25, 0.3) is 10.9 Å². The van der Waals surface area contributed by atoms with E-state index in [0.717, 1.165) is 30.3 Å². The zero-order chi connectivity index (χ0) is 17.2. The zero-order valence-corrected chi connectivity index (χ0v) is 14.6. The number of aromatic nitrogens is 1. The normalized spacial score (nSPS) is 22.1. The molecule has 1 amide bonds. The Morgan fingerprint density at radius 1 is 1.21 bits per heavy atom. The molecular formula is C19H27N3O2. The summed E-state index contributed by atoms with van der Waals surface area (Å²) in [6.07, 6.45) is 4.22. The number of para-hydroxylation sites is 1. The van der Waals surface area contributed by atoms with Crippen LogP contribution in [0, 0.1) is 0 Å². The molecule has 1 aromatic carbocycles. The first-order chi connectivity index (χ1) is 11.5. The molecule has 1 saturated heterocycles. The number of likely N-dealkylation sites (tertiary alicyclic amines) is 1. The second kappa shape index (κ2) is 6.95. The summed E-state index contributed by atoms with van der Waals surface area (Å²) >= 11 is 0. The van der Waals surface area contributed by atoms with Gasteiger partial charge in [-0.1, -0.05) is 18.2 Å². The second-order valence-electron chi connectivity index (χ2n) is 7.20. The fourth-order valence-electron chi connectivity index (χ4n) is 3.70. The SMILES string of the molecule is CN(C)C[C@@]1(O)CCCN(C(=O)Cn2ccc3ccccc32)CC1. The predicted octanol–water partition coefficient (Wildman–Crippen LogP) is 1.95. The number of hydrogen-bond donors (Lipinski definition) is 1. The fourth-order valence-corrected chi connectivity index (χ4v) is 3.70. The Hall–Kier alpha value is -1.85. The lowest BCUT2D eigenvalue weighted by molar-refractivity contribution is -0.131. The van der Waals surface area contributed by atoms with Crippen molar-refractivity contribution in [1.29, 1.82) is 0 Å². The third kappa shape index (κ3) is 3.79. The summed E-state index contributed by atoms with van der Waals surface area (Å²) in [6, 6.07) is 10.1. The van der Waals surface area contributed by atoms with Crippen LogP contribution in [0.1, 0.15) is 19.3 Å². The molecule has 0 aliphatic carbocycles. The van der Waals surface area contributed by atoms with Gasteiger partial charge in [-0.25, -0.2) is 0 Å². The number of aliphatic hydroxyl groups is 1. The largest absolute Gasteiger partial charge is 0.388 e. The Labute approximate surface area is 143 Å². The molecule has 0 unspecified atom stereocenters. The quantitative estimate of drug-likeness (QED) is 0.933. The van der Waals surface area contributed by atoms with Gasteiger partial charge in [0.2, 0.25) is 5.91 Å². The van der Waals surface area contributed by atoms with Gasteiger partial charge < -0.3 is 19.5 Å². The van der Waals surface area contributed by atoms with Crippen molar-refractivity contribution in [3.8, 4) is 0 Å². The standard InChI is InChI=1S/C19H27N3O2/c1-20(2)15-19(24)9-5-11-21(13-10-19)18(23)14-22-12-8-16-6-3-4-7-17(16)22/h3-4,6-8,12,24H,5,9-11,13-15H2,1-2H3/t19-/m1/s1. The lowest BCUT2D eigenvalue weighted by atomic mass is 9.94. The van der Waals surface area contributed by atoms with Gasteiger partial charge in [-0.15, -0.1) is 0 Å². The van der Waals surface area contributed by atoms with E-state index in [1.54, 1.807) is 0 Å². The predicted molar refractivity (Wildman–Crippen MR) is 95.9 cm³/mol. The van der Waals surface area contributed by atoms with Gasteiger partial charge in [0.25, 0.3) is 0 Å². The van der Waals surface area contributed by atoms with Crippen LogP contribution in [-0.4, -0.2) is 64.7 Å². The highest BCUT2D eigenvalue weighted by Gasteiger charge is 2.31. The Kier molecular flexibility index (Phi) is 4.92. The highest BCUT2D eigenvalue weighted by atomic mass is 16.3. The van der Waals surface area contributed by atoms with E-state index < -0.39 is 5.60 Å². The van der Waals surface area contributed by atoms with Crippen molar-refractivity contribution in [2.75, 3.05) is 33.7 Å². The molecule has 1 N–H and O–H groups in total. The summed E-state index contributed by atoms with van der Waals surface area (Å²) in [6.45, 7) is 2.37. The first-order valence-electron chi connectivity index (χ1n) is 8.66. The van der Waals surface area contributed by atoms with Crippen molar-refractivity contribution < 1.29 is 9.90 Å². The molecule has 1 aromatic heterocycles. The minimum atomic E-state index is -0.682. The van der Waals surface area contributed by atoms with Crippen molar-refractivity contribution >= 4 is 16.8 Å². The molecule has 2 heterocycles. The van der Waals surface area contributed by atoms with Crippen LogP contribution in [-0.2, 0) is 11.3 Å². The molecule has 130 valence electrons. The highest BCUT2D eigenvalue weighted by molar-refractivity contribution is 5.83. The van der Waals surface area contributed by atoms with E-state index in [2.05, 4.69) is 6.07 Å². The van der Waals surface area contributed by atoms with E-state index in [9.17, 15) is 9.90 Å². The van der Waals surface area contributed by atoms with E-state index in [1.807, 2.05) is 58.9 Å². The van der Waals surface area contributed by atoms with Gasteiger partial charge in [-0.2, -0.15) is 0 Å². The number of fused-ring (bicyclic) bond motifs is 1. The highest BCUT2D eigenvalue weighted by Crippen LogP contribution is 2.23. The molecule has 5 heteroatoms. The molecule has 1 aliphatic heterocycles. The van der Waals surface area contributed by atoms with Gasteiger partial charge >= 0.3 is 0 Å². The molecule has 2 aromatic rings. The fraction of sp³-hybridized carbons (Fsp3) is 0.526. The van der Waals surface area contributed by atoms with E-state index in [0.29, 0.717) is 26.1 Å². The summed E-state index contributed by atoms with van der Waals surface area (Å²) < 4.78 is 2.01. The van der Waals surface area contributed by atoms with Crippen molar-refractivity contribution in [2.24, 2.45) is 0 Å². The number of hydrogen-bond acceptors (Lipinski definition) is 3. The average molecular weight is 329 g/mol.